The van der Waals surface area contributed by atoms with E-state index in [0.29, 0.717) is 16.2 Å². The molecule has 112 valence electrons. The highest BCUT2D eigenvalue weighted by molar-refractivity contribution is 7.71. The zero-order chi connectivity index (χ0) is 15.5. The Hall–Kier alpha value is -2.74. The van der Waals surface area contributed by atoms with E-state index < -0.39 is 0 Å². The SMILES string of the molecule is CN(C)c1ccc(/C=N/Nc2[nH]c(=S)nc3nc[nH]c23)cc1. The highest BCUT2D eigenvalue weighted by Gasteiger charge is 2.04. The van der Waals surface area contributed by atoms with Crippen molar-refractivity contribution in [2.45, 2.75) is 0 Å². The van der Waals surface area contributed by atoms with Crippen LogP contribution in [0.25, 0.3) is 11.2 Å². The molecule has 3 N–H and O–H groups in total. The molecule has 0 aliphatic heterocycles. The van der Waals surface area contributed by atoms with E-state index in [1.54, 1.807) is 12.5 Å². The largest absolute Gasteiger partial charge is 0.378 e. The number of aromatic amines is 2. The van der Waals surface area contributed by atoms with Crippen LogP contribution in [0.5, 0.6) is 0 Å². The molecule has 1 aromatic carbocycles. The van der Waals surface area contributed by atoms with Crippen molar-refractivity contribution in [1.82, 2.24) is 19.9 Å². The van der Waals surface area contributed by atoms with Gasteiger partial charge < -0.3 is 14.9 Å². The Morgan fingerprint density at radius 2 is 2.05 bits per heavy atom. The third-order valence-electron chi connectivity index (χ3n) is 3.11. The summed E-state index contributed by atoms with van der Waals surface area (Å²) >= 11 is 5.06. The summed E-state index contributed by atoms with van der Waals surface area (Å²) in [6, 6.07) is 8.07. The van der Waals surface area contributed by atoms with E-state index in [1.165, 1.54) is 0 Å². The van der Waals surface area contributed by atoms with Crippen LogP contribution in [0.1, 0.15) is 5.56 Å². The van der Waals surface area contributed by atoms with E-state index in [4.69, 9.17) is 12.2 Å². The maximum atomic E-state index is 5.06. The second kappa shape index (κ2) is 5.94. The standard InChI is InChI=1S/C14H15N7S/c1-21(2)10-5-3-9(4-6-10)7-17-20-13-11-12(16-8-15-11)18-14(22)19-13/h3-8H,1-2H3,(H3,15,16,18,19,20,22)/b17-7+. The first-order valence-corrected chi connectivity index (χ1v) is 7.04. The van der Waals surface area contributed by atoms with Gasteiger partial charge in [-0.25, -0.2) is 4.98 Å². The molecule has 3 aromatic rings. The summed E-state index contributed by atoms with van der Waals surface area (Å²) in [6.45, 7) is 0. The van der Waals surface area contributed by atoms with Crippen LogP contribution in [0.3, 0.4) is 0 Å². The maximum absolute atomic E-state index is 5.06. The van der Waals surface area contributed by atoms with Crippen LogP contribution in [0.2, 0.25) is 0 Å². The minimum absolute atomic E-state index is 0.354. The fourth-order valence-electron chi connectivity index (χ4n) is 1.96. The number of nitrogens with one attached hydrogen (secondary N) is 3. The highest BCUT2D eigenvalue weighted by atomic mass is 32.1. The summed E-state index contributed by atoms with van der Waals surface area (Å²) in [5.74, 6) is 0.633. The Bertz CT molecular complexity index is 861. The van der Waals surface area contributed by atoms with E-state index >= 15 is 0 Å². The molecule has 3 rings (SSSR count). The summed E-state index contributed by atoms with van der Waals surface area (Å²) in [4.78, 5) is 16.2. The number of fused-ring (bicyclic) bond motifs is 1. The average molecular weight is 313 g/mol. The van der Waals surface area contributed by atoms with E-state index in [9.17, 15) is 0 Å². The second-order valence-electron chi connectivity index (χ2n) is 4.87. The first kappa shape index (κ1) is 14.2. The van der Waals surface area contributed by atoms with Gasteiger partial charge in [0, 0.05) is 19.8 Å². The summed E-state index contributed by atoms with van der Waals surface area (Å²) in [5.41, 5.74) is 6.34. The third kappa shape index (κ3) is 2.96. The Balaban J connectivity index is 1.78. The molecule has 0 bridgehead atoms. The number of hydrogen-bond acceptors (Lipinski definition) is 6. The minimum atomic E-state index is 0.354. The fraction of sp³-hybridized carbons (Fsp3) is 0.143. The van der Waals surface area contributed by atoms with E-state index in [1.807, 2.05) is 43.3 Å². The van der Waals surface area contributed by atoms with Crippen molar-refractivity contribution < 1.29 is 0 Å². The topological polar surface area (TPSA) is 85.0 Å². The van der Waals surface area contributed by atoms with Crippen molar-refractivity contribution in [1.29, 1.82) is 0 Å². The molecule has 22 heavy (non-hydrogen) atoms. The van der Waals surface area contributed by atoms with Gasteiger partial charge >= 0.3 is 0 Å². The third-order valence-corrected chi connectivity index (χ3v) is 3.30. The van der Waals surface area contributed by atoms with Crippen molar-refractivity contribution >= 4 is 41.1 Å². The Kier molecular flexibility index (Phi) is 3.84. The quantitative estimate of drug-likeness (QED) is 0.391. The molecule has 0 spiro atoms. The van der Waals surface area contributed by atoms with Crippen molar-refractivity contribution in [2.75, 3.05) is 24.4 Å². The molecule has 0 amide bonds. The van der Waals surface area contributed by atoms with Gasteiger partial charge in [0.05, 0.1) is 12.5 Å². The number of imidazole rings is 1. The summed E-state index contributed by atoms with van der Waals surface area (Å²) in [5, 5.41) is 4.22. The van der Waals surface area contributed by atoms with Gasteiger partial charge in [0.15, 0.2) is 11.5 Å². The van der Waals surface area contributed by atoms with E-state index in [2.05, 4.69) is 30.5 Å². The van der Waals surface area contributed by atoms with E-state index in [0.717, 1.165) is 16.8 Å². The van der Waals surface area contributed by atoms with Crippen LogP contribution in [0, 0.1) is 4.77 Å². The average Bonchev–Trinajstić information content (AvgIpc) is 2.96. The number of hydrazone groups is 1. The summed E-state index contributed by atoms with van der Waals surface area (Å²) < 4.78 is 0.354. The fourth-order valence-corrected chi connectivity index (χ4v) is 2.15. The van der Waals surface area contributed by atoms with Gasteiger partial charge in [0.25, 0.3) is 0 Å². The number of hydrogen-bond donors (Lipinski definition) is 3. The molecular formula is C14H15N7S. The Morgan fingerprint density at radius 1 is 1.27 bits per heavy atom. The van der Waals surface area contributed by atoms with Gasteiger partial charge in [-0.3, -0.25) is 5.43 Å². The highest BCUT2D eigenvalue weighted by Crippen LogP contribution is 2.15. The molecule has 0 unspecified atom stereocenters. The lowest BCUT2D eigenvalue weighted by molar-refractivity contribution is 1.13. The molecule has 0 fully saturated rings. The number of benzene rings is 1. The number of rotatable bonds is 4. The van der Waals surface area contributed by atoms with Crippen LogP contribution >= 0.6 is 12.2 Å². The molecule has 0 aliphatic carbocycles. The van der Waals surface area contributed by atoms with Gasteiger partial charge in [-0.2, -0.15) is 10.1 Å². The maximum Gasteiger partial charge on any atom is 0.200 e. The van der Waals surface area contributed by atoms with Crippen molar-refractivity contribution in [3.8, 4) is 0 Å². The molecule has 2 aromatic heterocycles. The Morgan fingerprint density at radius 3 is 2.77 bits per heavy atom. The summed E-state index contributed by atoms with van der Waals surface area (Å²) in [7, 11) is 4.01. The molecule has 2 heterocycles. The molecule has 0 atom stereocenters. The van der Waals surface area contributed by atoms with Crippen molar-refractivity contribution in [3.05, 3.63) is 40.9 Å². The first-order chi connectivity index (χ1) is 10.6. The van der Waals surface area contributed by atoms with Gasteiger partial charge in [0.2, 0.25) is 4.77 Å². The monoisotopic (exact) mass is 313 g/mol. The minimum Gasteiger partial charge on any atom is -0.378 e. The predicted molar refractivity (Wildman–Crippen MR) is 91.1 cm³/mol. The lowest BCUT2D eigenvalue weighted by Crippen LogP contribution is -2.08. The summed E-state index contributed by atoms with van der Waals surface area (Å²) in [6.07, 6.45) is 3.30. The van der Waals surface area contributed by atoms with Gasteiger partial charge in [-0.1, -0.05) is 12.1 Å². The van der Waals surface area contributed by atoms with Crippen LogP contribution in [-0.2, 0) is 0 Å². The van der Waals surface area contributed by atoms with Gasteiger partial charge in [0.1, 0.15) is 5.52 Å². The van der Waals surface area contributed by atoms with Crippen LogP contribution in [-0.4, -0.2) is 40.2 Å². The first-order valence-electron chi connectivity index (χ1n) is 6.63. The lowest BCUT2D eigenvalue weighted by Gasteiger charge is -2.11. The number of anilines is 2. The molecule has 0 radical (unpaired) electrons. The molecule has 0 aliphatic rings. The molecule has 8 heteroatoms. The molecular weight excluding hydrogens is 298 g/mol. The number of aromatic nitrogens is 4. The predicted octanol–water partition coefficient (Wildman–Crippen LogP) is 2.53. The number of H-pyrrole nitrogens is 2. The van der Waals surface area contributed by atoms with Crippen LogP contribution < -0.4 is 10.3 Å². The molecule has 0 saturated carbocycles. The molecule has 0 saturated heterocycles. The van der Waals surface area contributed by atoms with Crippen LogP contribution in [0.4, 0.5) is 11.5 Å². The number of nitrogens with zero attached hydrogens (tertiary/aromatic N) is 4. The molecule has 7 nitrogen and oxygen atoms in total. The van der Waals surface area contributed by atoms with Crippen LogP contribution in [0.15, 0.2) is 35.7 Å². The lowest BCUT2D eigenvalue weighted by atomic mass is 10.2. The van der Waals surface area contributed by atoms with Crippen molar-refractivity contribution in [2.24, 2.45) is 5.10 Å². The van der Waals surface area contributed by atoms with Gasteiger partial charge in [-0.15, -0.1) is 0 Å². The van der Waals surface area contributed by atoms with Crippen molar-refractivity contribution in [3.63, 3.8) is 0 Å². The van der Waals surface area contributed by atoms with E-state index in [-0.39, 0.29) is 0 Å². The zero-order valence-electron chi connectivity index (χ0n) is 12.2. The normalized spacial score (nSPS) is 11.2. The zero-order valence-corrected chi connectivity index (χ0v) is 13.0. The smallest absolute Gasteiger partial charge is 0.200 e. The Labute approximate surface area is 132 Å². The van der Waals surface area contributed by atoms with Gasteiger partial charge in [-0.05, 0) is 29.9 Å². The second-order valence-corrected chi connectivity index (χ2v) is 5.26.